The predicted octanol–water partition coefficient (Wildman–Crippen LogP) is 0.603. The number of amides is 2. The van der Waals surface area contributed by atoms with E-state index in [2.05, 4.69) is 5.32 Å². The van der Waals surface area contributed by atoms with Crippen LogP contribution in [0.3, 0.4) is 0 Å². The Morgan fingerprint density at radius 3 is 2.48 bits per heavy atom. The van der Waals surface area contributed by atoms with Gasteiger partial charge in [0.05, 0.1) is 30.0 Å². The second-order valence-corrected chi connectivity index (χ2v) is 5.39. The fourth-order valence-corrected chi connectivity index (χ4v) is 2.52. The first-order valence-electron chi connectivity index (χ1n) is 7.36. The lowest BCUT2D eigenvalue weighted by Gasteiger charge is -2.09. The van der Waals surface area contributed by atoms with Crippen LogP contribution in [0, 0.1) is 11.8 Å². The van der Waals surface area contributed by atoms with E-state index in [0.29, 0.717) is 6.07 Å². The zero-order valence-corrected chi connectivity index (χ0v) is 13.1. The number of esters is 1. The number of halogens is 3. The summed E-state index contributed by atoms with van der Waals surface area (Å²) in [6, 6.07) is 2.92. The molecule has 7 nitrogen and oxygen atoms in total. The van der Waals surface area contributed by atoms with Crippen molar-refractivity contribution in [3.63, 3.8) is 0 Å². The van der Waals surface area contributed by atoms with E-state index in [1.54, 1.807) is 6.92 Å². The molecule has 1 aliphatic rings. The van der Waals surface area contributed by atoms with E-state index in [1.807, 2.05) is 5.43 Å². The van der Waals surface area contributed by atoms with E-state index >= 15 is 0 Å². The molecule has 0 saturated heterocycles. The molecule has 0 heterocycles. The molecule has 25 heavy (non-hydrogen) atoms. The molecular weight excluding hydrogens is 343 g/mol. The smallest absolute Gasteiger partial charge is 0.416 e. The van der Waals surface area contributed by atoms with Crippen molar-refractivity contribution in [1.82, 2.24) is 10.7 Å². The fourth-order valence-electron chi connectivity index (χ4n) is 2.52. The summed E-state index contributed by atoms with van der Waals surface area (Å²) in [5.41, 5.74) is 0.662. The fraction of sp³-hybridized carbons (Fsp3) is 0.400. The number of carbonyl (C=O) groups excluding carboxylic acids is 3. The molecule has 0 radical (unpaired) electrons. The molecule has 10 heteroatoms. The van der Waals surface area contributed by atoms with E-state index in [0.717, 1.165) is 12.1 Å². The van der Waals surface area contributed by atoms with Gasteiger partial charge < -0.3 is 10.1 Å². The van der Waals surface area contributed by atoms with Gasteiger partial charge in [-0.1, -0.05) is 6.07 Å². The van der Waals surface area contributed by atoms with Gasteiger partial charge in [-0.3, -0.25) is 19.8 Å². The molecule has 0 bridgehead atoms. The molecule has 2 rings (SSSR count). The molecule has 3 atom stereocenters. The first kappa shape index (κ1) is 18.7. The second-order valence-electron chi connectivity index (χ2n) is 5.39. The number of nitrogens with two attached hydrogens (primary N) is 1. The summed E-state index contributed by atoms with van der Waals surface area (Å²) >= 11 is 0. The molecule has 4 N–H and O–H groups in total. The van der Waals surface area contributed by atoms with Gasteiger partial charge in [0.2, 0.25) is 5.91 Å². The lowest BCUT2D eigenvalue weighted by molar-refractivity contribution is -0.146. The molecule has 3 unspecified atom stereocenters. The minimum absolute atomic E-state index is 0.0839. The topological polar surface area (TPSA) is 111 Å². The van der Waals surface area contributed by atoms with E-state index < -0.39 is 47.4 Å². The van der Waals surface area contributed by atoms with Crippen LogP contribution in [0.5, 0.6) is 0 Å². The molecule has 0 spiro atoms. The van der Waals surface area contributed by atoms with E-state index in [-0.39, 0.29) is 12.2 Å². The summed E-state index contributed by atoms with van der Waals surface area (Å²) in [4.78, 5) is 35.6. The highest BCUT2D eigenvalue weighted by molar-refractivity contribution is 5.98. The first-order chi connectivity index (χ1) is 11.7. The van der Waals surface area contributed by atoms with Crippen molar-refractivity contribution in [2.45, 2.75) is 19.1 Å². The van der Waals surface area contributed by atoms with Crippen molar-refractivity contribution in [2.75, 3.05) is 6.61 Å². The van der Waals surface area contributed by atoms with Gasteiger partial charge in [-0.2, -0.15) is 13.2 Å². The molecule has 1 aromatic rings. The zero-order chi connectivity index (χ0) is 18.8. The summed E-state index contributed by atoms with van der Waals surface area (Å²) in [5.74, 6) is 0.969. The number of carbonyl (C=O) groups is 3. The molecule has 136 valence electrons. The molecule has 1 saturated carbocycles. The lowest BCUT2D eigenvalue weighted by atomic mass is 10.1. The number of rotatable bonds is 5. The van der Waals surface area contributed by atoms with Crippen LogP contribution in [0.15, 0.2) is 24.3 Å². The van der Waals surface area contributed by atoms with Crippen LogP contribution in [0.4, 0.5) is 13.2 Å². The SMILES string of the molecule is CCOC(=O)C1C(NC(=O)c2cccc(C(F)(F)F)c2)C1C(=O)NN. The standard InChI is InChI=1S/C15H16F3N3O4/c1-2-25-14(24)10-9(13(23)21-19)11(10)20-12(22)7-4-3-5-8(6-7)15(16,17)18/h3-6,9-11H,2,19H2,1H3,(H,20,22)(H,21,23). The largest absolute Gasteiger partial charge is 0.466 e. The van der Waals surface area contributed by atoms with Gasteiger partial charge in [-0.15, -0.1) is 0 Å². The number of benzene rings is 1. The average molecular weight is 359 g/mol. The Morgan fingerprint density at radius 1 is 1.24 bits per heavy atom. The van der Waals surface area contributed by atoms with Gasteiger partial charge >= 0.3 is 12.1 Å². The minimum atomic E-state index is -4.59. The maximum absolute atomic E-state index is 12.7. The van der Waals surface area contributed by atoms with Crippen LogP contribution in [-0.2, 0) is 20.5 Å². The minimum Gasteiger partial charge on any atom is -0.466 e. The van der Waals surface area contributed by atoms with Crippen LogP contribution in [0.2, 0.25) is 0 Å². The van der Waals surface area contributed by atoms with Crippen molar-refractivity contribution in [2.24, 2.45) is 17.7 Å². The highest BCUT2D eigenvalue weighted by Gasteiger charge is 2.60. The Balaban J connectivity index is 2.13. The van der Waals surface area contributed by atoms with Crippen LogP contribution >= 0.6 is 0 Å². The van der Waals surface area contributed by atoms with Crippen LogP contribution in [0.1, 0.15) is 22.8 Å². The highest BCUT2D eigenvalue weighted by atomic mass is 19.4. The van der Waals surface area contributed by atoms with Crippen molar-refractivity contribution in [1.29, 1.82) is 0 Å². The predicted molar refractivity (Wildman–Crippen MR) is 78.6 cm³/mol. The van der Waals surface area contributed by atoms with Gasteiger partial charge in [0, 0.05) is 5.56 Å². The van der Waals surface area contributed by atoms with Crippen LogP contribution in [-0.4, -0.2) is 30.4 Å². The first-order valence-corrected chi connectivity index (χ1v) is 7.36. The van der Waals surface area contributed by atoms with Gasteiger partial charge in [-0.25, -0.2) is 5.84 Å². The summed E-state index contributed by atoms with van der Waals surface area (Å²) in [5, 5.41) is 2.38. The Hall–Kier alpha value is -2.62. The highest BCUT2D eigenvalue weighted by Crippen LogP contribution is 2.40. The summed E-state index contributed by atoms with van der Waals surface area (Å²) in [7, 11) is 0. The van der Waals surface area contributed by atoms with Crippen molar-refractivity contribution >= 4 is 17.8 Å². The normalized spacial score (nSPS) is 22.0. The third-order valence-corrected chi connectivity index (χ3v) is 3.77. The summed E-state index contributed by atoms with van der Waals surface area (Å²) < 4.78 is 43.0. The third-order valence-electron chi connectivity index (χ3n) is 3.77. The zero-order valence-electron chi connectivity index (χ0n) is 13.1. The number of nitrogens with one attached hydrogen (secondary N) is 2. The summed E-state index contributed by atoms with van der Waals surface area (Å²) in [6.45, 7) is 1.66. The molecule has 1 aliphatic carbocycles. The monoisotopic (exact) mass is 359 g/mol. The Morgan fingerprint density at radius 2 is 1.92 bits per heavy atom. The molecule has 1 fully saturated rings. The number of alkyl halides is 3. The van der Waals surface area contributed by atoms with Crippen molar-refractivity contribution in [3.8, 4) is 0 Å². The van der Waals surface area contributed by atoms with E-state index in [9.17, 15) is 27.6 Å². The Bertz CT molecular complexity index is 693. The van der Waals surface area contributed by atoms with Crippen LogP contribution in [0.25, 0.3) is 0 Å². The quantitative estimate of drug-likeness (QED) is 0.309. The molecular formula is C15H16F3N3O4. The summed E-state index contributed by atoms with van der Waals surface area (Å²) in [6.07, 6.45) is -4.59. The number of ether oxygens (including phenoxy) is 1. The lowest BCUT2D eigenvalue weighted by Crippen LogP contribution is -2.35. The van der Waals surface area contributed by atoms with Gasteiger partial charge in [-0.05, 0) is 25.1 Å². The number of hydrogen-bond donors (Lipinski definition) is 3. The average Bonchev–Trinajstić information content (AvgIpc) is 3.27. The molecule has 2 amide bonds. The molecule has 0 aliphatic heterocycles. The van der Waals surface area contributed by atoms with E-state index in [4.69, 9.17) is 10.6 Å². The van der Waals surface area contributed by atoms with Gasteiger partial charge in [0.1, 0.15) is 0 Å². The number of hydrazine groups is 1. The molecule has 1 aromatic carbocycles. The maximum atomic E-state index is 12.7. The third kappa shape index (κ3) is 4.08. The van der Waals surface area contributed by atoms with Crippen molar-refractivity contribution < 1.29 is 32.3 Å². The van der Waals surface area contributed by atoms with Gasteiger partial charge in [0.15, 0.2) is 0 Å². The molecule has 0 aromatic heterocycles. The maximum Gasteiger partial charge on any atom is 0.416 e. The second kappa shape index (κ2) is 7.09. The van der Waals surface area contributed by atoms with Crippen molar-refractivity contribution in [3.05, 3.63) is 35.4 Å². The Kier molecular flexibility index (Phi) is 5.31. The Labute approximate surface area is 140 Å². The van der Waals surface area contributed by atoms with Gasteiger partial charge in [0.25, 0.3) is 5.91 Å². The van der Waals surface area contributed by atoms with E-state index in [1.165, 1.54) is 6.07 Å². The number of hydrogen-bond acceptors (Lipinski definition) is 5. The van der Waals surface area contributed by atoms with Crippen LogP contribution < -0.4 is 16.6 Å².